The molecule has 1 aliphatic rings. The Kier molecular flexibility index (Phi) is 6.23. The molecule has 2 aromatic carbocycles. The van der Waals surface area contributed by atoms with Crippen LogP contribution in [0.5, 0.6) is 0 Å². The monoisotopic (exact) mass is 596 g/mol. The zero-order valence-electron chi connectivity index (χ0n) is 15.4. The van der Waals surface area contributed by atoms with Crippen molar-refractivity contribution in [3.63, 3.8) is 0 Å². The Bertz CT molecular complexity index is 1440. The second-order valence-corrected chi connectivity index (χ2v) is 14.6. The Morgan fingerprint density at radius 1 is 1.06 bits per heavy atom. The van der Waals surface area contributed by atoms with E-state index in [9.17, 15) is 16.8 Å². The fraction of sp³-hybridized carbons (Fsp3) is 0.0556. The van der Waals surface area contributed by atoms with Crippen LogP contribution in [0.3, 0.4) is 0 Å². The fourth-order valence-electron chi connectivity index (χ4n) is 2.69. The van der Waals surface area contributed by atoms with Gasteiger partial charge in [-0.1, -0.05) is 23.2 Å². The van der Waals surface area contributed by atoms with Gasteiger partial charge in [0.25, 0.3) is 20.0 Å². The number of hydrogen-bond donors (Lipinski definition) is 0. The Labute approximate surface area is 206 Å². The topological polar surface area (TPSA) is 83.9 Å². The summed E-state index contributed by atoms with van der Waals surface area (Å²) in [5, 5.41) is 0.596. The molecule has 0 saturated heterocycles. The first-order chi connectivity index (χ1) is 14.5. The maximum atomic E-state index is 13.5. The third kappa shape index (κ3) is 4.29. The Hall–Kier alpha value is -1.08. The molecule has 0 amide bonds. The number of nitrogens with zero attached hydrogens (tertiary/aromatic N) is 2. The van der Waals surface area contributed by atoms with Crippen molar-refractivity contribution in [3.05, 3.63) is 67.9 Å². The molecule has 0 spiro atoms. The number of rotatable bonds is 3. The number of thiophene rings is 1. The van der Waals surface area contributed by atoms with Crippen LogP contribution in [0.4, 0.5) is 5.69 Å². The van der Waals surface area contributed by atoms with Gasteiger partial charge in [-0.05, 0) is 88.7 Å². The molecule has 31 heavy (non-hydrogen) atoms. The number of hydrogen-bond acceptors (Lipinski definition) is 7. The highest BCUT2D eigenvalue weighted by Crippen LogP contribution is 2.44. The van der Waals surface area contributed by atoms with Crippen molar-refractivity contribution in [3.8, 4) is 0 Å². The van der Waals surface area contributed by atoms with Crippen molar-refractivity contribution in [1.82, 2.24) is 3.71 Å². The molecule has 0 fully saturated rings. The Balaban J connectivity index is 1.99. The number of amidine groups is 1. The predicted molar refractivity (Wildman–Crippen MR) is 129 cm³/mol. The molecule has 0 atom stereocenters. The molecule has 13 heteroatoms. The number of aryl methyl sites for hydroxylation is 1. The van der Waals surface area contributed by atoms with Gasteiger partial charge in [-0.3, -0.25) is 0 Å². The molecule has 6 nitrogen and oxygen atoms in total. The van der Waals surface area contributed by atoms with Gasteiger partial charge in [-0.2, -0.15) is 16.8 Å². The number of fused-ring (bicyclic) bond motifs is 1. The predicted octanol–water partition coefficient (Wildman–Crippen LogP) is 6.30. The lowest BCUT2D eigenvalue weighted by atomic mass is 10.2. The standard InChI is InChI=1S/C18H11BrCl2N2O4S4/c1-10-8-15-14(9-13(10)21)28-18(22-12-4-2-11(20)3-5-12)23(30(15,24)25)31(26,27)17-7-6-16(19)29-17/h2-9H,1H3. The van der Waals surface area contributed by atoms with E-state index in [1.54, 1.807) is 31.2 Å². The summed E-state index contributed by atoms with van der Waals surface area (Å²) < 4.78 is 54.7. The highest BCUT2D eigenvalue weighted by atomic mass is 79.9. The molecule has 0 N–H and O–H groups in total. The largest absolute Gasteiger partial charge is 0.288 e. The SMILES string of the molecule is Cc1cc2c(cc1Cl)SC(=Nc1ccc(Cl)cc1)N(S(=O)(=O)c1ccc(Br)s1)S2(=O)=O. The summed E-state index contributed by atoms with van der Waals surface area (Å²) in [6.45, 7) is 1.65. The minimum absolute atomic E-state index is 0.138. The van der Waals surface area contributed by atoms with Gasteiger partial charge >= 0.3 is 0 Å². The van der Waals surface area contributed by atoms with Crippen LogP contribution in [-0.2, 0) is 20.0 Å². The van der Waals surface area contributed by atoms with Crippen molar-refractivity contribution in [2.45, 2.75) is 20.9 Å². The molecule has 0 bridgehead atoms. The molecule has 3 aromatic rings. The van der Waals surface area contributed by atoms with E-state index in [0.717, 1.165) is 23.1 Å². The number of sulfonamides is 2. The molecular weight excluding hydrogens is 587 g/mol. The van der Waals surface area contributed by atoms with Gasteiger partial charge < -0.3 is 0 Å². The van der Waals surface area contributed by atoms with Crippen LogP contribution < -0.4 is 0 Å². The van der Waals surface area contributed by atoms with Crippen LogP contribution in [0.15, 0.2) is 71.3 Å². The van der Waals surface area contributed by atoms with Gasteiger partial charge in [0.1, 0.15) is 9.10 Å². The minimum Gasteiger partial charge on any atom is -0.223 e. The van der Waals surface area contributed by atoms with Crippen LogP contribution >= 0.6 is 62.2 Å². The first-order valence-corrected chi connectivity index (χ1v) is 14.4. The zero-order valence-corrected chi connectivity index (χ0v) is 21.8. The summed E-state index contributed by atoms with van der Waals surface area (Å²) in [7, 11) is -8.96. The molecule has 0 unspecified atom stereocenters. The summed E-state index contributed by atoms with van der Waals surface area (Å²) in [6.07, 6.45) is 0. The van der Waals surface area contributed by atoms with Crippen LogP contribution in [-0.4, -0.2) is 25.7 Å². The number of thioether (sulfide) groups is 1. The van der Waals surface area contributed by atoms with Crippen molar-refractivity contribution in [2.24, 2.45) is 4.99 Å². The maximum Gasteiger partial charge on any atom is 0.288 e. The molecule has 1 aliphatic heterocycles. The smallest absolute Gasteiger partial charge is 0.223 e. The van der Waals surface area contributed by atoms with Crippen LogP contribution in [0.25, 0.3) is 0 Å². The molecule has 0 aliphatic carbocycles. The summed E-state index contributed by atoms with van der Waals surface area (Å²) in [4.78, 5) is 4.47. The highest BCUT2D eigenvalue weighted by Gasteiger charge is 2.45. The van der Waals surface area contributed by atoms with Crippen molar-refractivity contribution < 1.29 is 16.8 Å². The van der Waals surface area contributed by atoms with Crippen molar-refractivity contribution in [1.29, 1.82) is 0 Å². The number of benzene rings is 2. The van der Waals surface area contributed by atoms with E-state index in [-0.39, 0.29) is 14.3 Å². The van der Waals surface area contributed by atoms with E-state index in [4.69, 9.17) is 23.2 Å². The normalized spacial score (nSPS) is 17.0. The van der Waals surface area contributed by atoms with Gasteiger partial charge in [-0.25, -0.2) is 4.99 Å². The molecule has 0 saturated carbocycles. The highest BCUT2D eigenvalue weighted by molar-refractivity contribution is 9.11. The molecule has 2 heterocycles. The quantitative estimate of drug-likeness (QED) is 0.354. The minimum atomic E-state index is -4.50. The van der Waals surface area contributed by atoms with Crippen molar-refractivity contribution >= 4 is 93.1 Å². The lowest BCUT2D eigenvalue weighted by Crippen LogP contribution is -2.42. The van der Waals surface area contributed by atoms with Gasteiger partial charge in [0, 0.05) is 14.9 Å². The maximum absolute atomic E-state index is 13.5. The summed E-state index contributed by atoms with van der Waals surface area (Å²) >= 11 is 17.1. The summed E-state index contributed by atoms with van der Waals surface area (Å²) in [6, 6.07) is 12.0. The van der Waals surface area contributed by atoms with E-state index in [1.165, 1.54) is 24.3 Å². The van der Waals surface area contributed by atoms with Crippen LogP contribution in [0.2, 0.25) is 10.0 Å². The van der Waals surface area contributed by atoms with E-state index >= 15 is 0 Å². The van der Waals surface area contributed by atoms with E-state index in [2.05, 4.69) is 20.9 Å². The lowest BCUT2D eigenvalue weighted by molar-refractivity contribution is 0.546. The van der Waals surface area contributed by atoms with Gasteiger partial charge in [0.2, 0.25) is 0 Å². The second-order valence-electron chi connectivity index (χ2n) is 6.29. The average Bonchev–Trinajstić information content (AvgIpc) is 3.12. The summed E-state index contributed by atoms with van der Waals surface area (Å²) in [5.74, 6) is 0. The van der Waals surface area contributed by atoms with Crippen LogP contribution in [0.1, 0.15) is 5.56 Å². The van der Waals surface area contributed by atoms with Gasteiger partial charge in [0.15, 0.2) is 5.17 Å². The molecule has 162 valence electrons. The molecular formula is C18H11BrCl2N2O4S4. The van der Waals surface area contributed by atoms with Gasteiger partial charge in [0.05, 0.1) is 9.47 Å². The average molecular weight is 598 g/mol. The second kappa shape index (κ2) is 8.36. The Morgan fingerprint density at radius 3 is 2.35 bits per heavy atom. The number of halogens is 3. The van der Waals surface area contributed by atoms with Gasteiger partial charge in [-0.15, -0.1) is 15.0 Å². The van der Waals surface area contributed by atoms with E-state index < -0.39 is 20.0 Å². The van der Waals surface area contributed by atoms with Crippen molar-refractivity contribution in [2.75, 3.05) is 0 Å². The number of aliphatic imine (C=N–C) groups is 1. The first kappa shape index (κ1) is 23.1. The molecule has 0 radical (unpaired) electrons. The third-order valence-corrected chi connectivity index (χ3v) is 12.4. The zero-order chi connectivity index (χ0) is 22.6. The van der Waals surface area contributed by atoms with E-state index in [0.29, 0.717) is 33.7 Å². The lowest BCUT2D eigenvalue weighted by Gasteiger charge is -2.29. The van der Waals surface area contributed by atoms with E-state index in [1.807, 2.05) is 0 Å². The molecule has 1 aromatic heterocycles. The first-order valence-electron chi connectivity index (χ1n) is 8.38. The fourth-order valence-corrected chi connectivity index (χ4v) is 10.8. The Morgan fingerprint density at radius 2 is 1.74 bits per heavy atom. The third-order valence-electron chi connectivity index (χ3n) is 4.15. The van der Waals surface area contributed by atoms with Crippen LogP contribution in [0, 0.1) is 6.92 Å². The summed E-state index contributed by atoms with van der Waals surface area (Å²) in [5.41, 5.74) is 0.857. The molecule has 4 rings (SSSR count).